The summed E-state index contributed by atoms with van der Waals surface area (Å²) in [6.07, 6.45) is 1.27. The Hall–Kier alpha value is -2.90. The van der Waals surface area contributed by atoms with Crippen LogP contribution >= 0.6 is 0 Å². The number of aromatic carboxylic acids is 1. The third-order valence-electron chi connectivity index (χ3n) is 2.84. The summed E-state index contributed by atoms with van der Waals surface area (Å²) in [7, 11) is 0. The molecule has 0 aliphatic heterocycles. The highest BCUT2D eigenvalue weighted by atomic mass is 16.4. The number of carbonyl (C=O) groups excluding carboxylic acids is 4. The van der Waals surface area contributed by atoms with Crippen LogP contribution in [-0.2, 0) is 14.4 Å². The molecule has 0 aliphatic rings. The maximum absolute atomic E-state index is 11.7. The molecule has 0 fully saturated rings. The minimum atomic E-state index is -1.44. The van der Waals surface area contributed by atoms with Gasteiger partial charge in [0.05, 0.1) is 5.97 Å². The van der Waals surface area contributed by atoms with Crippen LogP contribution in [-0.4, -0.2) is 23.7 Å². The summed E-state index contributed by atoms with van der Waals surface area (Å²) in [5.41, 5.74) is 4.16. The molecule has 0 unspecified atom stereocenters. The topological polar surface area (TPSA) is 127 Å². The standard InChI is InChI=1S/C15H19N3O5/c1-2-3-8-12(19)17-18-14(21)9-13(20)16-11-7-5-4-6-10(11)15(22)23/h4-7H,2-3,8-9H2,1H3,(H,16,20)(H,17,19)(H,18,21)(H,22,23)/p-1. The predicted molar refractivity (Wildman–Crippen MR) is 79.8 cm³/mol. The molecule has 0 atom stereocenters. The molecule has 1 rings (SSSR count). The van der Waals surface area contributed by atoms with Crippen LogP contribution in [0.25, 0.3) is 0 Å². The number of para-hydroxylation sites is 1. The van der Waals surface area contributed by atoms with E-state index in [-0.39, 0.29) is 23.6 Å². The maximum atomic E-state index is 11.7. The molecule has 1 aromatic carbocycles. The number of hydrogen-bond donors (Lipinski definition) is 3. The first-order chi connectivity index (χ1) is 10.9. The quantitative estimate of drug-likeness (QED) is 0.470. The summed E-state index contributed by atoms with van der Waals surface area (Å²) in [6, 6.07) is 5.68. The van der Waals surface area contributed by atoms with Crippen molar-refractivity contribution in [2.45, 2.75) is 32.6 Å². The highest BCUT2D eigenvalue weighted by Gasteiger charge is 2.12. The summed E-state index contributed by atoms with van der Waals surface area (Å²) in [4.78, 5) is 45.4. The van der Waals surface area contributed by atoms with Gasteiger partial charge in [-0.15, -0.1) is 0 Å². The zero-order chi connectivity index (χ0) is 17.2. The number of hydrogen-bond acceptors (Lipinski definition) is 5. The van der Waals surface area contributed by atoms with Crippen LogP contribution in [0.1, 0.15) is 43.0 Å². The van der Waals surface area contributed by atoms with E-state index >= 15 is 0 Å². The molecule has 8 nitrogen and oxygen atoms in total. The second-order valence-corrected chi connectivity index (χ2v) is 4.76. The Morgan fingerprint density at radius 2 is 1.65 bits per heavy atom. The zero-order valence-corrected chi connectivity index (χ0v) is 12.7. The van der Waals surface area contributed by atoms with Gasteiger partial charge in [0.1, 0.15) is 6.42 Å². The van der Waals surface area contributed by atoms with Crippen LogP contribution in [0.5, 0.6) is 0 Å². The van der Waals surface area contributed by atoms with E-state index in [9.17, 15) is 24.3 Å². The smallest absolute Gasteiger partial charge is 0.247 e. The Morgan fingerprint density at radius 3 is 2.30 bits per heavy atom. The number of anilines is 1. The molecule has 0 spiro atoms. The Bertz CT molecular complexity index is 601. The minimum absolute atomic E-state index is 0.0391. The van der Waals surface area contributed by atoms with Crippen molar-refractivity contribution in [2.24, 2.45) is 0 Å². The van der Waals surface area contributed by atoms with Gasteiger partial charge in [-0.05, 0) is 12.5 Å². The fourth-order valence-corrected chi connectivity index (χ4v) is 1.69. The number of unbranched alkanes of at least 4 members (excludes halogenated alkanes) is 1. The maximum Gasteiger partial charge on any atom is 0.247 e. The Kier molecular flexibility index (Phi) is 7.25. The highest BCUT2D eigenvalue weighted by Crippen LogP contribution is 2.14. The molecule has 0 saturated heterocycles. The normalized spacial score (nSPS) is 9.78. The number of carboxylic acids is 1. The van der Waals surface area contributed by atoms with Crippen LogP contribution in [0, 0.1) is 0 Å². The molecule has 8 heteroatoms. The van der Waals surface area contributed by atoms with Gasteiger partial charge in [-0.2, -0.15) is 0 Å². The average molecular weight is 320 g/mol. The first kappa shape index (κ1) is 18.1. The molecular weight excluding hydrogens is 302 g/mol. The molecular formula is C15H18N3O5-. The second-order valence-electron chi connectivity index (χ2n) is 4.76. The molecule has 0 bridgehead atoms. The van der Waals surface area contributed by atoms with E-state index in [0.717, 1.165) is 6.42 Å². The molecule has 3 N–H and O–H groups in total. The van der Waals surface area contributed by atoms with E-state index in [2.05, 4.69) is 16.2 Å². The SMILES string of the molecule is CCCCC(=O)NNC(=O)CC(=O)Nc1ccccc1C(=O)[O-]. The highest BCUT2D eigenvalue weighted by molar-refractivity contribution is 6.06. The monoisotopic (exact) mass is 320 g/mol. The molecule has 0 aliphatic carbocycles. The van der Waals surface area contributed by atoms with Gasteiger partial charge in [-0.1, -0.05) is 31.5 Å². The summed E-state index contributed by atoms with van der Waals surface area (Å²) < 4.78 is 0. The molecule has 0 saturated carbocycles. The molecule has 23 heavy (non-hydrogen) atoms. The lowest BCUT2D eigenvalue weighted by atomic mass is 10.2. The van der Waals surface area contributed by atoms with Crippen molar-refractivity contribution >= 4 is 29.4 Å². The van der Waals surface area contributed by atoms with E-state index in [4.69, 9.17) is 0 Å². The summed E-state index contributed by atoms with van der Waals surface area (Å²) in [5, 5.41) is 13.2. The first-order valence-electron chi connectivity index (χ1n) is 7.12. The lowest BCUT2D eigenvalue weighted by molar-refractivity contribution is -0.254. The largest absolute Gasteiger partial charge is 0.545 e. The van der Waals surface area contributed by atoms with Crippen molar-refractivity contribution in [1.82, 2.24) is 10.9 Å². The fraction of sp³-hybridized carbons (Fsp3) is 0.333. The third-order valence-corrected chi connectivity index (χ3v) is 2.84. The van der Waals surface area contributed by atoms with Crippen LogP contribution in [0.4, 0.5) is 5.69 Å². The van der Waals surface area contributed by atoms with Crippen molar-refractivity contribution in [3.63, 3.8) is 0 Å². The Morgan fingerprint density at radius 1 is 1.00 bits per heavy atom. The molecule has 0 aromatic heterocycles. The van der Waals surface area contributed by atoms with Gasteiger partial charge in [0, 0.05) is 17.7 Å². The predicted octanol–water partition coefficient (Wildman–Crippen LogP) is -0.284. The van der Waals surface area contributed by atoms with E-state index in [1.807, 2.05) is 6.92 Å². The van der Waals surface area contributed by atoms with Gasteiger partial charge in [0.2, 0.25) is 17.7 Å². The average Bonchev–Trinajstić information content (AvgIpc) is 2.51. The number of benzene rings is 1. The fourth-order valence-electron chi connectivity index (χ4n) is 1.69. The second kappa shape index (κ2) is 9.19. The Balaban J connectivity index is 2.46. The van der Waals surface area contributed by atoms with Crippen molar-refractivity contribution in [3.8, 4) is 0 Å². The van der Waals surface area contributed by atoms with Crippen molar-refractivity contribution in [1.29, 1.82) is 0 Å². The van der Waals surface area contributed by atoms with Gasteiger partial charge < -0.3 is 15.2 Å². The third kappa shape index (κ3) is 6.60. The molecule has 124 valence electrons. The van der Waals surface area contributed by atoms with Crippen LogP contribution < -0.4 is 21.3 Å². The number of rotatable bonds is 7. The van der Waals surface area contributed by atoms with Gasteiger partial charge in [-0.25, -0.2) is 0 Å². The number of hydrazine groups is 1. The van der Waals surface area contributed by atoms with Gasteiger partial charge in [0.25, 0.3) is 0 Å². The molecule has 3 amide bonds. The van der Waals surface area contributed by atoms with E-state index in [1.165, 1.54) is 24.3 Å². The number of nitrogens with one attached hydrogen (secondary N) is 3. The van der Waals surface area contributed by atoms with Crippen molar-refractivity contribution in [3.05, 3.63) is 29.8 Å². The van der Waals surface area contributed by atoms with Crippen molar-refractivity contribution < 1.29 is 24.3 Å². The summed E-state index contributed by atoms with van der Waals surface area (Å²) in [6.45, 7) is 1.93. The Labute approximate surface area is 133 Å². The molecule has 0 radical (unpaired) electrons. The van der Waals surface area contributed by atoms with Gasteiger partial charge in [0.15, 0.2) is 0 Å². The van der Waals surface area contributed by atoms with E-state index in [0.29, 0.717) is 6.42 Å². The minimum Gasteiger partial charge on any atom is -0.545 e. The van der Waals surface area contributed by atoms with Crippen LogP contribution in [0.15, 0.2) is 24.3 Å². The molecule has 0 heterocycles. The van der Waals surface area contributed by atoms with E-state index < -0.39 is 24.2 Å². The lowest BCUT2D eigenvalue weighted by Crippen LogP contribution is -2.42. The first-order valence-corrected chi connectivity index (χ1v) is 7.12. The lowest BCUT2D eigenvalue weighted by Gasteiger charge is -2.11. The number of amides is 3. The molecule has 1 aromatic rings. The van der Waals surface area contributed by atoms with Gasteiger partial charge >= 0.3 is 0 Å². The van der Waals surface area contributed by atoms with Gasteiger partial charge in [-0.3, -0.25) is 25.2 Å². The zero-order valence-electron chi connectivity index (χ0n) is 12.7. The summed E-state index contributed by atoms with van der Waals surface area (Å²) >= 11 is 0. The van der Waals surface area contributed by atoms with Crippen molar-refractivity contribution in [2.75, 3.05) is 5.32 Å². The number of carboxylic acid groups (broad SMARTS) is 1. The van der Waals surface area contributed by atoms with Crippen LogP contribution in [0.3, 0.4) is 0 Å². The summed E-state index contributed by atoms with van der Waals surface area (Å²) in [5.74, 6) is -3.20. The van der Waals surface area contributed by atoms with Crippen LogP contribution in [0.2, 0.25) is 0 Å². The van der Waals surface area contributed by atoms with E-state index in [1.54, 1.807) is 0 Å². The number of carbonyl (C=O) groups is 4.